The molecule has 0 spiro atoms. The van der Waals surface area contributed by atoms with Gasteiger partial charge in [-0.25, -0.2) is 4.79 Å². The van der Waals surface area contributed by atoms with Gasteiger partial charge in [0.25, 0.3) is 5.91 Å². The van der Waals surface area contributed by atoms with Crippen molar-refractivity contribution in [2.75, 3.05) is 13.7 Å². The first-order valence-corrected chi connectivity index (χ1v) is 7.89. The summed E-state index contributed by atoms with van der Waals surface area (Å²) in [7, 11) is 1.49. The van der Waals surface area contributed by atoms with Crippen LogP contribution in [0.1, 0.15) is 26.7 Å². The Balaban J connectivity index is 1.59. The van der Waals surface area contributed by atoms with Gasteiger partial charge in [0, 0.05) is 18.1 Å². The summed E-state index contributed by atoms with van der Waals surface area (Å²) in [6, 6.07) is 10.0. The molecule has 0 aliphatic carbocycles. The Morgan fingerprint density at radius 3 is 2.63 bits per heavy atom. The van der Waals surface area contributed by atoms with Gasteiger partial charge in [0.1, 0.15) is 5.58 Å². The summed E-state index contributed by atoms with van der Waals surface area (Å²) in [4.78, 5) is 35.7. The lowest BCUT2D eigenvalue weighted by Crippen LogP contribution is -2.43. The molecule has 3 rings (SSSR count). The molecule has 9 heteroatoms. The van der Waals surface area contributed by atoms with E-state index < -0.39 is 24.4 Å². The van der Waals surface area contributed by atoms with Gasteiger partial charge in [-0.3, -0.25) is 20.4 Å². The van der Waals surface area contributed by atoms with Crippen molar-refractivity contribution in [1.29, 1.82) is 0 Å². The third-order valence-electron chi connectivity index (χ3n) is 3.57. The van der Waals surface area contributed by atoms with Gasteiger partial charge < -0.3 is 18.3 Å². The lowest BCUT2D eigenvalue weighted by Gasteiger charge is -2.07. The molecule has 0 unspecified atom stereocenters. The number of hydrogen-bond donors (Lipinski definition) is 2. The molecule has 0 fully saturated rings. The van der Waals surface area contributed by atoms with Crippen molar-refractivity contribution >= 4 is 28.8 Å². The smallest absolute Gasteiger partial charge is 0.375 e. The highest BCUT2D eigenvalue weighted by Gasteiger charge is 2.22. The van der Waals surface area contributed by atoms with Gasteiger partial charge in [0.05, 0.1) is 12.9 Å². The summed E-state index contributed by atoms with van der Waals surface area (Å²) in [5, 5.41) is 0.724. The number of hydrogen-bond acceptors (Lipinski definition) is 7. The van der Waals surface area contributed by atoms with Crippen molar-refractivity contribution in [1.82, 2.24) is 10.9 Å². The molecule has 1 aromatic carbocycles. The Morgan fingerprint density at radius 2 is 1.89 bits per heavy atom. The molecule has 27 heavy (non-hydrogen) atoms. The van der Waals surface area contributed by atoms with Gasteiger partial charge in [-0.05, 0) is 18.2 Å². The van der Waals surface area contributed by atoms with Crippen molar-refractivity contribution < 1.29 is 32.7 Å². The van der Waals surface area contributed by atoms with Crippen molar-refractivity contribution in [2.24, 2.45) is 0 Å². The lowest BCUT2D eigenvalue weighted by molar-refractivity contribution is -0.125. The average molecular weight is 372 g/mol. The molecule has 2 N–H and O–H groups in total. The number of esters is 1. The quantitative estimate of drug-likeness (QED) is 0.500. The fraction of sp³-hybridized carbons (Fsp3) is 0.167. The minimum Gasteiger partial charge on any atom is -0.459 e. The molecule has 140 valence electrons. The second kappa shape index (κ2) is 8.19. The van der Waals surface area contributed by atoms with Crippen LogP contribution in [0.2, 0.25) is 0 Å². The fourth-order valence-electron chi connectivity index (χ4n) is 2.38. The second-order valence-corrected chi connectivity index (χ2v) is 5.39. The SMILES string of the molecule is COCc1c(C(=O)OCC(=O)NNC(=O)c2ccco2)oc2ccccc12. The van der Waals surface area contributed by atoms with E-state index >= 15 is 0 Å². The molecule has 0 bridgehead atoms. The number of furan rings is 2. The molecule has 0 atom stereocenters. The number of hydrazine groups is 1. The highest BCUT2D eigenvalue weighted by atomic mass is 16.5. The van der Waals surface area contributed by atoms with Gasteiger partial charge in [-0.2, -0.15) is 0 Å². The van der Waals surface area contributed by atoms with E-state index in [-0.39, 0.29) is 18.1 Å². The van der Waals surface area contributed by atoms with Crippen LogP contribution in [0, 0.1) is 0 Å². The first kappa shape index (κ1) is 18.2. The van der Waals surface area contributed by atoms with Crippen LogP contribution in [0.4, 0.5) is 0 Å². The summed E-state index contributed by atoms with van der Waals surface area (Å²) >= 11 is 0. The van der Waals surface area contributed by atoms with Crippen molar-refractivity contribution in [3.8, 4) is 0 Å². The number of carbonyl (C=O) groups excluding carboxylic acids is 3. The van der Waals surface area contributed by atoms with Crippen molar-refractivity contribution in [2.45, 2.75) is 6.61 Å². The van der Waals surface area contributed by atoms with Crippen LogP contribution >= 0.6 is 0 Å². The topological polar surface area (TPSA) is 120 Å². The van der Waals surface area contributed by atoms with E-state index in [4.69, 9.17) is 18.3 Å². The molecule has 9 nitrogen and oxygen atoms in total. The van der Waals surface area contributed by atoms with Crippen LogP contribution in [0.5, 0.6) is 0 Å². The molecule has 2 amide bonds. The molecule has 0 aliphatic rings. The highest BCUT2D eigenvalue weighted by molar-refractivity contribution is 5.97. The van der Waals surface area contributed by atoms with E-state index in [2.05, 4.69) is 10.9 Å². The van der Waals surface area contributed by atoms with Crippen molar-refractivity contribution in [3.05, 3.63) is 59.7 Å². The second-order valence-electron chi connectivity index (χ2n) is 5.39. The summed E-state index contributed by atoms with van der Waals surface area (Å²) < 4.78 is 20.5. The minimum atomic E-state index is -0.814. The van der Waals surface area contributed by atoms with Crippen LogP contribution in [0.25, 0.3) is 11.0 Å². The minimum absolute atomic E-state index is 0.0266. The molecule has 2 aromatic heterocycles. The third kappa shape index (κ3) is 4.15. The highest BCUT2D eigenvalue weighted by Crippen LogP contribution is 2.27. The maximum Gasteiger partial charge on any atom is 0.375 e. The van der Waals surface area contributed by atoms with Gasteiger partial charge >= 0.3 is 11.9 Å². The van der Waals surface area contributed by atoms with Crippen LogP contribution in [0.3, 0.4) is 0 Å². The molecule has 3 aromatic rings. The normalized spacial score (nSPS) is 10.6. The van der Waals surface area contributed by atoms with E-state index in [1.807, 2.05) is 0 Å². The van der Waals surface area contributed by atoms with E-state index in [0.717, 1.165) is 5.39 Å². The first-order valence-electron chi connectivity index (χ1n) is 7.89. The maximum absolute atomic E-state index is 12.3. The standard InChI is InChI=1S/C18H16N2O7/c1-24-9-12-11-5-2-3-6-13(11)27-16(12)18(23)26-10-15(21)19-20-17(22)14-7-4-8-25-14/h2-8H,9-10H2,1H3,(H,19,21)(H,20,22). The van der Waals surface area contributed by atoms with E-state index in [1.54, 1.807) is 24.3 Å². The number of rotatable bonds is 6. The average Bonchev–Trinajstić information content (AvgIpc) is 3.33. The largest absolute Gasteiger partial charge is 0.459 e. The lowest BCUT2D eigenvalue weighted by atomic mass is 10.1. The van der Waals surface area contributed by atoms with Gasteiger partial charge in [-0.1, -0.05) is 18.2 Å². The molecule has 2 heterocycles. The summed E-state index contributed by atoms with van der Waals surface area (Å²) in [6.07, 6.45) is 1.32. The Labute approximate surface area is 153 Å². The van der Waals surface area contributed by atoms with E-state index in [1.165, 1.54) is 25.5 Å². The first-order chi connectivity index (χ1) is 13.1. The Morgan fingerprint density at radius 1 is 1.07 bits per heavy atom. The Kier molecular flexibility index (Phi) is 5.53. The fourth-order valence-corrected chi connectivity index (χ4v) is 2.38. The number of benzene rings is 1. The summed E-state index contributed by atoms with van der Waals surface area (Å²) in [6.45, 7) is -0.465. The van der Waals surface area contributed by atoms with Gasteiger partial charge in [0.15, 0.2) is 12.4 Å². The van der Waals surface area contributed by atoms with Crippen LogP contribution in [-0.4, -0.2) is 31.5 Å². The monoisotopic (exact) mass is 372 g/mol. The predicted octanol–water partition coefficient (Wildman–Crippen LogP) is 1.79. The number of nitrogens with one attached hydrogen (secondary N) is 2. The Bertz CT molecular complexity index is 959. The van der Waals surface area contributed by atoms with Gasteiger partial charge in [-0.15, -0.1) is 0 Å². The third-order valence-corrected chi connectivity index (χ3v) is 3.57. The number of fused-ring (bicyclic) bond motifs is 1. The number of amides is 2. The number of para-hydroxylation sites is 1. The Hall–Kier alpha value is -3.59. The van der Waals surface area contributed by atoms with E-state index in [0.29, 0.717) is 11.1 Å². The molecular formula is C18H16N2O7. The predicted molar refractivity (Wildman–Crippen MR) is 91.5 cm³/mol. The van der Waals surface area contributed by atoms with E-state index in [9.17, 15) is 14.4 Å². The zero-order valence-electron chi connectivity index (χ0n) is 14.3. The molecular weight excluding hydrogens is 356 g/mol. The molecule has 0 saturated heterocycles. The van der Waals surface area contributed by atoms with Crippen LogP contribution < -0.4 is 10.9 Å². The maximum atomic E-state index is 12.3. The molecule has 0 aliphatic heterocycles. The number of methoxy groups -OCH3 is 1. The number of carbonyl (C=O) groups is 3. The number of ether oxygens (including phenoxy) is 2. The molecule has 0 radical (unpaired) electrons. The molecule has 0 saturated carbocycles. The zero-order chi connectivity index (χ0) is 19.2. The van der Waals surface area contributed by atoms with Gasteiger partial charge in [0.2, 0.25) is 5.76 Å². The summed E-state index contributed by atoms with van der Waals surface area (Å²) in [5.41, 5.74) is 5.29. The van der Waals surface area contributed by atoms with Crippen molar-refractivity contribution in [3.63, 3.8) is 0 Å². The van der Waals surface area contributed by atoms with Crippen LogP contribution in [-0.2, 0) is 20.9 Å². The summed E-state index contributed by atoms with van der Waals surface area (Å²) in [5.74, 6) is -2.19. The zero-order valence-corrected chi connectivity index (χ0v) is 14.3. The van der Waals surface area contributed by atoms with Crippen LogP contribution in [0.15, 0.2) is 51.5 Å².